The van der Waals surface area contributed by atoms with Crippen LogP contribution in [0.25, 0.3) is 0 Å². The van der Waals surface area contributed by atoms with Gasteiger partial charge in [0.1, 0.15) is 0 Å². The van der Waals surface area contributed by atoms with Gasteiger partial charge in [-0.1, -0.05) is 0 Å². The van der Waals surface area contributed by atoms with Gasteiger partial charge >= 0.3 is 0 Å². The predicted molar refractivity (Wildman–Crippen MR) is 68.9 cm³/mol. The lowest BCUT2D eigenvalue weighted by Gasteiger charge is -2.11. The van der Waals surface area contributed by atoms with Gasteiger partial charge in [0.15, 0.2) is 11.5 Å². The molecular formula is C13H13NO3S. The first kappa shape index (κ1) is 12.6. The van der Waals surface area contributed by atoms with Gasteiger partial charge in [-0.25, -0.2) is 0 Å². The normalized spacial score (nSPS) is 12.1. The van der Waals surface area contributed by atoms with E-state index in [0.717, 1.165) is 0 Å². The minimum atomic E-state index is -0.227. The van der Waals surface area contributed by atoms with E-state index in [0.29, 0.717) is 11.3 Å². The van der Waals surface area contributed by atoms with E-state index in [2.05, 4.69) is 5.32 Å². The summed E-state index contributed by atoms with van der Waals surface area (Å²) < 4.78 is 5.01. The van der Waals surface area contributed by atoms with Crippen LogP contribution in [0.4, 0.5) is 0 Å². The molecule has 0 aliphatic heterocycles. The second kappa shape index (κ2) is 5.64. The van der Waals surface area contributed by atoms with E-state index in [1.807, 2.05) is 5.38 Å². The summed E-state index contributed by atoms with van der Waals surface area (Å²) in [5, 5.41) is 6.40. The summed E-state index contributed by atoms with van der Waals surface area (Å²) in [6.07, 6.45) is 1.69. The van der Waals surface area contributed by atoms with E-state index in [4.69, 9.17) is 4.42 Å². The summed E-state index contributed by atoms with van der Waals surface area (Å²) in [5.41, 5.74) is 0.622. The van der Waals surface area contributed by atoms with Crippen LogP contribution in [0.5, 0.6) is 0 Å². The number of carbonyl (C=O) groups excluding carboxylic acids is 2. The zero-order chi connectivity index (χ0) is 13.0. The fourth-order valence-corrected chi connectivity index (χ4v) is 2.20. The maximum Gasteiger partial charge on any atom is 0.252 e. The Labute approximate surface area is 109 Å². The van der Waals surface area contributed by atoms with Crippen molar-refractivity contribution in [3.63, 3.8) is 0 Å². The van der Waals surface area contributed by atoms with Crippen LogP contribution in [0.15, 0.2) is 39.6 Å². The summed E-state index contributed by atoms with van der Waals surface area (Å²) in [6, 6.07) is 4.81. The molecule has 0 saturated heterocycles. The number of hydrogen-bond acceptors (Lipinski definition) is 4. The van der Waals surface area contributed by atoms with Gasteiger partial charge in [-0.05, 0) is 30.5 Å². The minimum Gasteiger partial charge on any atom is -0.461 e. The first-order valence-corrected chi connectivity index (χ1v) is 6.51. The topological polar surface area (TPSA) is 59.3 Å². The summed E-state index contributed by atoms with van der Waals surface area (Å²) in [5.74, 6) is 0.0562. The molecule has 1 N–H and O–H groups in total. The van der Waals surface area contributed by atoms with Crippen molar-refractivity contribution in [1.29, 1.82) is 0 Å². The van der Waals surface area contributed by atoms with Crippen LogP contribution in [0.2, 0.25) is 0 Å². The highest BCUT2D eigenvalue weighted by Crippen LogP contribution is 2.09. The lowest BCUT2D eigenvalue weighted by atomic mass is 10.1. The first-order valence-electron chi connectivity index (χ1n) is 5.56. The van der Waals surface area contributed by atoms with E-state index < -0.39 is 0 Å². The summed E-state index contributed by atoms with van der Waals surface area (Å²) in [7, 11) is 0. The molecule has 0 aromatic carbocycles. The molecule has 1 atom stereocenters. The lowest BCUT2D eigenvalue weighted by molar-refractivity contribution is 0.0907. The van der Waals surface area contributed by atoms with Gasteiger partial charge in [-0.15, -0.1) is 0 Å². The molecule has 0 aliphatic rings. The molecular weight excluding hydrogens is 250 g/mol. The summed E-state index contributed by atoms with van der Waals surface area (Å²) >= 11 is 1.46. The molecule has 1 amide bonds. The van der Waals surface area contributed by atoms with E-state index >= 15 is 0 Å². The van der Waals surface area contributed by atoms with Crippen LogP contribution in [0.1, 0.15) is 34.3 Å². The third-order valence-electron chi connectivity index (χ3n) is 2.45. The van der Waals surface area contributed by atoms with E-state index in [-0.39, 0.29) is 24.2 Å². The van der Waals surface area contributed by atoms with Crippen molar-refractivity contribution in [1.82, 2.24) is 5.32 Å². The Balaban J connectivity index is 1.87. The highest BCUT2D eigenvalue weighted by molar-refractivity contribution is 7.08. The average molecular weight is 263 g/mol. The van der Waals surface area contributed by atoms with Crippen LogP contribution in [0.3, 0.4) is 0 Å². The number of amides is 1. The highest BCUT2D eigenvalue weighted by Gasteiger charge is 2.16. The SMILES string of the molecule is C[C@@H](CC(=O)c1ccco1)NC(=O)c1ccsc1. The number of Topliss-reactive ketones (excluding diaryl/α,β-unsaturated/α-hetero) is 1. The molecule has 0 saturated carbocycles. The highest BCUT2D eigenvalue weighted by atomic mass is 32.1. The van der Waals surface area contributed by atoms with Gasteiger partial charge in [-0.3, -0.25) is 9.59 Å². The molecule has 0 fully saturated rings. The Morgan fingerprint density at radius 2 is 2.28 bits per heavy atom. The maximum absolute atomic E-state index is 11.7. The van der Waals surface area contributed by atoms with Crippen molar-refractivity contribution in [2.75, 3.05) is 0 Å². The van der Waals surface area contributed by atoms with Crippen LogP contribution >= 0.6 is 11.3 Å². The number of thiophene rings is 1. The van der Waals surface area contributed by atoms with Gasteiger partial charge in [0.2, 0.25) is 0 Å². The minimum absolute atomic E-state index is 0.113. The van der Waals surface area contributed by atoms with Crippen LogP contribution in [-0.2, 0) is 0 Å². The maximum atomic E-state index is 11.7. The van der Waals surface area contributed by atoms with Crippen molar-refractivity contribution < 1.29 is 14.0 Å². The van der Waals surface area contributed by atoms with Gasteiger partial charge in [0.05, 0.1) is 6.26 Å². The van der Waals surface area contributed by atoms with Crippen molar-refractivity contribution in [2.24, 2.45) is 0 Å². The molecule has 2 aromatic heterocycles. The van der Waals surface area contributed by atoms with E-state index in [9.17, 15) is 9.59 Å². The van der Waals surface area contributed by atoms with Gasteiger partial charge in [-0.2, -0.15) is 11.3 Å². The molecule has 0 aliphatic carbocycles. The van der Waals surface area contributed by atoms with Crippen molar-refractivity contribution >= 4 is 23.0 Å². The number of hydrogen-bond donors (Lipinski definition) is 1. The lowest BCUT2D eigenvalue weighted by Crippen LogP contribution is -2.33. The average Bonchev–Trinajstić information content (AvgIpc) is 3.02. The molecule has 94 valence electrons. The Bertz CT molecular complexity index is 468. The number of carbonyl (C=O) groups is 2. The largest absolute Gasteiger partial charge is 0.461 e. The Hall–Kier alpha value is -1.88. The number of rotatable bonds is 5. The predicted octanol–water partition coefficient (Wildman–Crippen LogP) is 2.73. The second-order valence-electron chi connectivity index (χ2n) is 3.99. The smallest absolute Gasteiger partial charge is 0.252 e. The Morgan fingerprint density at radius 3 is 2.89 bits per heavy atom. The summed E-state index contributed by atoms with van der Waals surface area (Å²) in [4.78, 5) is 23.5. The molecule has 0 spiro atoms. The third-order valence-corrected chi connectivity index (χ3v) is 3.13. The number of nitrogens with one attached hydrogen (secondary N) is 1. The molecule has 2 rings (SSSR count). The summed E-state index contributed by atoms with van der Waals surface area (Å²) in [6.45, 7) is 1.80. The van der Waals surface area contributed by atoms with Gasteiger partial charge in [0.25, 0.3) is 5.91 Å². The van der Waals surface area contributed by atoms with Crippen LogP contribution in [0, 0.1) is 0 Å². The van der Waals surface area contributed by atoms with Crippen molar-refractivity contribution in [3.8, 4) is 0 Å². The van der Waals surface area contributed by atoms with Crippen LogP contribution < -0.4 is 5.32 Å². The molecule has 18 heavy (non-hydrogen) atoms. The third kappa shape index (κ3) is 3.07. The zero-order valence-corrected chi connectivity index (χ0v) is 10.7. The fourth-order valence-electron chi connectivity index (χ4n) is 1.57. The zero-order valence-electron chi connectivity index (χ0n) is 9.88. The molecule has 0 unspecified atom stereocenters. The standard InChI is InChI=1S/C13H13NO3S/c1-9(7-11(15)12-3-2-5-17-12)14-13(16)10-4-6-18-8-10/h2-6,8-9H,7H2,1H3,(H,14,16)/t9-/m0/s1. The Kier molecular flexibility index (Phi) is 3.94. The molecule has 2 heterocycles. The number of furan rings is 1. The van der Waals surface area contributed by atoms with Gasteiger partial charge in [0, 0.05) is 23.4 Å². The van der Waals surface area contributed by atoms with E-state index in [1.165, 1.54) is 17.6 Å². The second-order valence-corrected chi connectivity index (χ2v) is 4.77. The van der Waals surface area contributed by atoms with Gasteiger partial charge < -0.3 is 9.73 Å². The van der Waals surface area contributed by atoms with E-state index in [1.54, 1.807) is 30.5 Å². The molecule has 0 radical (unpaired) electrons. The molecule has 0 bridgehead atoms. The first-order chi connectivity index (χ1) is 8.66. The Morgan fingerprint density at radius 1 is 1.44 bits per heavy atom. The molecule has 2 aromatic rings. The van der Waals surface area contributed by atoms with Crippen molar-refractivity contribution in [3.05, 3.63) is 46.5 Å². The van der Waals surface area contributed by atoms with Crippen LogP contribution in [-0.4, -0.2) is 17.7 Å². The monoisotopic (exact) mass is 263 g/mol. The van der Waals surface area contributed by atoms with Crippen molar-refractivity contribution in [2.45, 2.75) is 19.4 Å². The molecule has 4 nitrogen and oxygen atoms in total. The fraction of sp³-hybridized carbons (Fsp3) is 0.231. The molecule has 5 heteroatoms. The number of ketones is 1. The quantitative estimate of drug-likeness (QED) is 0.844.